The van der Waals surface area contributed by atoms with Crippen LogP contribution < -0.4 is 0 Å². The van der Waals surface area contributed by atoms with Gasteiger partial charge in [-0.05, 0) is 91.3 Å². The number of benzene rings is 1. The third kappa shape index (κ3) is 4.16. The topological polar surface area (TPSA) is 63.1 Å². The molecule has 5 rings (SSSR count). The second-order valence-corrected chi connectivity index (χ2v) is 9.82. The number of nitrogens with zero attached hydrogens (tertiary/aromatic N) is 2. The first-order chi connectivity index (χ1) is 15.5. The quantitative estimate of drug-likeness (QED) is 0.546. The maximum atomic E-state index is 13.9. The minimum absolute atomic E-state index is 0.0550. The number of Topliss-reactive ketones (excluding diaryl/α,β-unsaturated/α-hetero) is 1. The summed E-state index contributed by atoms with van der Waals surface area (Å²) in [6.07, 6.45) is 7.60. The van der Waals surface area contributed by atoms with Crippen molar-refractivity contribution < 1.29 is 14.3 Å². The molecule has 0 saturated heterocycles. The first kappa shape index (κ1) is 21.5. The van der Waals surface area contributed by atoms with Crippen molar-refractivity contribution in [1.82, 2.24) is 9.97 Å². The van der Waals surface area contributed by atoms with Crippen molar-refractivity contribution in [2.45, 2.75) is 38.0 Å². The van der Waals surface area contributed by atoms with Crippen molar-refractivity contribution in [2.75, 3.05) is 6.61 Å². The molecule has 1 aromatic carbocycles. The van der Waals surface area contributed by atoms with Crippen molar-refractivity contribution in [3.05, 3.63) is 70.9 Å². The van der Waals surface area contributed by atoms with Gasteiger partial charge in [0.15, 0.2) is 0 Å². The number of ketones is 1. The Kier molecular flexibility index (Phi) is 5.95. The number of rotatable bonds is 6. The molecule has 2 heterocycles. The van der Waals surface area contributed by atoms with E-state index in [0.717, 1.165) is 36.6 Å². The fourth-order valence-corrected chi connectivity index (χ4v) is 6.19. The standard InChI is InChI=1S/C26H26ClFN2O2/c27-19-1-3-21(30-13-19)12-26(32)24(14-31)18-9-15-7-17(8-16(15)10-18)22-5-6-29-25-4-2-20(28)11-23(22)25/h1-6,11,13,15-18,24,31H,7-10,12,14H2/t15-,16+,17?,18?,24?. The molecule has 0 amide bonds. The molecule has 0 bridgehead atoms. The van der Waals surface area contributed by atoms with Gasteiger partial charge in [0.25, 0.3) is 0 Å². The first-order valence-electron chi connectivity index (χ1n) is 11.3. The minimum Gasteiger partial charge on any atom is -0.396 e. The number of hydrogen-bond acceptors (Lipinski definition) is 4. The van der Waals surface area contributed by atoms with Crippen LogP contribution in [0.2, 0.25) is 5.02 Å². The lowest BCUT2D eigenvalue weighted by Crippen LogP contribution is -2.28. The molecule has 3 aromatic rings. The van der Waals surface area contributed by atoms with E-state index in [1.54, 1.807) is 30.5 Å². The van der Waals surface area contributed by atoms with Crippen molar-refractivity contribution in [3.63, 3.8) is 0 Å². The number of halogens is 2. The van der Waals surface area contributed by atoms with Crippen LogP contribution in [0, 0.1) is 29.5 Å². The lowest BCUT2D eigenvalue weighted by molar-refractivity contribution is -0.125. The van der Waals surface area contributed by atoms with E-state index in [9.17, 15) is 14.3 Å². The van der Waals surface area contributed by atoms with Gasteiger partial charge in [0.05, 0.1) is 17.1 Å². The molecule has 5 atom stereocenters. The minimum atomic E-state index is -0.340. The third-order valence-electron chi connectivity index (χ3n) is 7.55. The van der Waals surface area contributed by atoms with Gasteiger partial charge in [0, 0.05) is 35.8 Å². The molecule has 32 heavy (non-hydrogen) atoms. The summed E-state index contributed by atoms with van der Waals surface area (Å²) >= 11 is 5.88. The summed E-state index contributed by atoms with van der Waals surface area (Å²) in [5.74, 6) is 1.16. The SMILES string of the molecule is O=C(Cc1ccc(Cl)cn1)C(CO)C1C[C@H]2CC(c3ccnc4ccc(F)cc34)C[C@H]2C1. The molecule has 1 N–H and O–H groups in total. The Bertz CT molecular complexity index is 1120. The Balaban J connectivity index is 1.26. The fraction of sp³-hybridized carbons (Fsp3) is 0.423. The zero-order chi connectivity index (χ0) is 22.2. The molecule has 4 nitrogen and oxygen atoms in total. The highest BCUT2D eigenvalue weighted by atomic mass is 35.5. The van der Waals surface area contributed by atoms with E-state index in [1.807, 2.05) is 12.3 Å². The van der Waals surface area contributed by atoms with Gasteiger partial charge in [-0.2, -0.15) is 0 Å². The van der Waals surface area contributed by atoms with E-state index >= 15 is 0 Å². The zero-order valence-corrected chi connectivity index (χ0v) is 18.5. The van der Waals surface area contributed by atoms with Crippen molar-refractivity contribution in [1.29, 1.82) is 0 Å². The van der Waals surface area contributed by atoms with Gasteiger partial charge in [-0.25, -0.2) is 4.39 Å². The molecule has 2 fully saturated rings. The van der Waals surface area contributed by atoms with Gasteiger partial charge in [-0.3, -0.25) is 14.8 Å². The molecular formula is C26H26ClFN2O2. The lowest BCUT2D eigenvalue weighted by atomic mass is 9.83. The van der Waals surface area contributed by atoms with Gasteiger partial charge < -0.3 is 5.11 Å². The highest BCUT2D eigenvalue weighted by Crippen LogP contribution is 2.54. The van der Waals surface area contributed by atoms with E-state index in [0.29, 0.717) is 28.5 Å². The van der Waals surface area contributed by atoms with Crippen LogP contribution in [-0.2, 0) is 11.2 Å². The number of aliphatic hydroxyl groups excluding tert-OH is 1. The molecule has 2 aliphatic rings. The summed E-state index contributed by atoms with van der Waals surface area (Å²) < 4.78 is 13.9. The van der Waals surface area contributed by atoms with Crippen LogP contribution >= 0.6 is 11.6 Å². The van der Waals surface area contributed by atoms with E-state index < -0.39 is 0 Å². The van der Waals surface area contributed by atoms with Crippen molar-refractivity contribution >= 4 is 28.3 Å². The van der Waals surface area contributed by atoms with Crippen LogP contribution in [-0.4, -0.2) is 27.5 Å². The highest BCUT2D eigenvalue weighted by molar-refractivity contribution is 6.30. The summed E-state index contributed by atoms with van der Waals surface area (Å²) in [6.45, 7) is -0.117. The Morgan fingerprint density at radius 3 is 2.56 bits per heavy atom. The van der Waals surface area contributed by atoms with Gasteiger partial charge in [0.2, 0.25) is 0 Å². The number of pyridine rings is 2. The number of aliphatic hydroxyl groups is 1. The summed E-state index contributed by atoms with van der Waals surface area (Å²) in [6, 6.07) is 10.3. The fourth-order valence-electron chi connectivity index (χ4n) is 6.08. The average Bonchev–Trinajstić information content (AvgIpc) is 3.35. The van der Waals surface area contributed by atoms with Crippen LogP contribution in [0.1, 0.15) is 42.9 Å². The number of aromatic nitrogens is 2. The molecule has 0 spiro atoms. The molecule has 2 saturated carbocycles. The molecule has 2 aliphatic carbocycles. The van der Waals surface area contributed by atoms with Gasteiger partial charge in [-0.1, -0.05) is 11.6 Å². The van der Waals surface area contributed by atoms with Crippen LogP contribution in [0.4, 0.5) is 4.39 Å². The zero-order valence-electron chi connectivity index (χ0n) is 17.8. The van der Waals surface area contributed by atoms with Crippen LogP contribution in [0.15, 0.2) is 48.8 Å². The van der Waals surface area contributed by atoms with E-state index in [-0.39, 0.29) is 36.5 Å². The van der Waals surface area contributed by atoms with E-state index in [2.05, 4.69) is 9.97 Å². The van der Waals surface area contributed by atoms with E-state index in [4.69, 9.17) is 11.6 Å². The van der Waals surface area contributed by atoms with Crippen LogP contribution in [0.25, 0.3) is 10.9 Å². The van der Waals surface area contributed by atoms with E-state index in [1.165, 1.54) is 11.6 Å². The maximum Gasteiger partial charge on any atom is 0.144 e. The number of hydrogen-bond donors (Lipinski definition) is 1. The summed E-state index contributed by atoms with van der Waals surface area (Å²) in [5, 5.41) is 11.5. The number of carbonyl (C=O) groups excluding carboxylic acids is 1. The number of carbonyl (C=O) groups is 1. The summed E-state index contributed by atoms with van der Waals surface area (Å²) in [5.41, 5.74) is 2.71. The molecule has 0 aliphatic heterocycles. The van der Waals surface area contributed by atoms with Gasteiger partial charge >= 0.3 is 0 Å². The average molecular weight is 453 g/mol. The Labute approximate surface area is 191 Å². The van der Waals surface area contributed by atoms with Gasteiger partial charge in [-0.15, -0.1) is 0 Å². The summed E-state index contributed by atoms with van der Waals surface area (Å²) in [7, 11) is 0. The second kappa shape index (κ2) is 8.87. The Hall–Kier alpha value is -2.37. The molecule has 0 radical (unpaired) electrons. The van der Waals surface area contributed by atoms with Crippen molar-refractivity contribution in [3.8, 4) is 0 Å². The largest absolute Gasteiger partial charge is 0.396 e. The predicted octanol–water partition coefficient (Wildman–Crippen LogP) is 5.36. The van der Waals surface area contributed by atoms with Gasteiger partial charge in [0.1, 0.15) is 11.6 Å². The third-order valence-corrected chi connectivity index (χ3v) is 7.78. The second-order valence-electron chi connectivity index (χ2n) is 9.38. The Morgan fingerprint density at radius 1 is 1.09 bits per heavy atom. The van der Waals surface area contributed by atoms with Crippen LogP contribution in [0.5, 0.6) is 0 Å². The summed E-state index contributed by atoms with van der Waals surface area (Å²) in [4.78, 5) is 21.5. The smallest absolute Gasteiger partial charge is 0.144 e. The maximum absolute atomic E-state index is 13.9. The number of fused-ring (bicyclic) bond motifs is 2. The Morgan fingerprint density at radius 2 is 1.88 bits per heavy atom. The molecule has 3 unspecified atom stereocenters. The normalized spacial score (nSPS) is 25.7. The van der Waals surface area contributed by atoms with Crippen LogP contribution in [0.3, 0.4) is 0 Å². The predicted molar refractivity (Wildman–Crippen MR) is 122 cm³/mol. The highest BCUT2D eigenvalue weighted by Gasteiger charge is 2.45. The lowest BCUT2D eigenvalue weighted by Gasteiger charge is -2.22. The first-order valence-corrected chi connectivity index (χ1v) is 11.7. The van der Waals surface area contributed by atoms with Crippen molar-refractivity contribution in [2.24, 2.45) is 23.7 Å². The molecule has 166 valence electrons. The monoisotopic (exact) mass is 452 g/mol. The molecule has 6 heteroatoms. The molecule has 2 aromatic heterocycles. The molecular weight excluding hydrogens is 427 g/mol.